The molecular weight excluding hydrogens is 378 g/mol. The Morgan fingerprint density at radius 1 is 0.889 bits per heavy atom. The summed E-state index contributed by atoms with van der Waals surface area (Å²) in [6.07, 6.45) is 0. The van der Waals surface area contributed by atoms with Crippen LogP contribution < -0.4 is 22.1 Å². The van der Waals surface area contributed by atoms with Crippen LogP contribution in [0.3, 0.4) is 0 Å². The highest BCUT2D eigenvalue weighted by Crippen LogP contribution is 2.28. The van der Waals surface area contributed by atoms with Gasteiger partial charge in [-0.3, -0.25) is 0 Å². The number of nitrogens with zero attached hydrogens (tertiary/aromatic N) is 1. The molecule has 0 fully saturated rings. The lowest BCUT2D eigenvalue weighted by Gasteiger charge is -2.11. The van der Waals surface area contributed by atoms with Crippen molar-refractivity contribution >= 4 is 57.5 Å². The fourth-order valence-electron chi connectivity index (χ4n) is 2.34. The predicted octanol–water partition coefficient (Wildman–Crippen LogP) is 4.77. The zero-order chi connectivity index (χ0) is 19.2. The molecule has 0 amide bonds. The van der Waals surface area contributed by atoms with E-state index in [4.69, 9.17) is 35.3 Å². The first-order chi connectivity index (χ1) is 13.0. The minimum atomic E-state index is 0.360. The number of para-hydroxylation sites is 1. The Labute approximate surface area is 168 Å². The average molecular weight is 396 g/mol. The molecule has 0 spiro atoms. The largest absolute Gasteiger partial charge is 0.399 e. The molecule has 27 heavy (non-hydrogen) atoms. The normalized spacial score (nSPS) is 11.1. The maximum atomic E-state index is 6.34. The first-order valence-corrected chi connectivity index (χ1v) is 8.92. The van der Waals surface area contributed by atoms with Crippen LogP contribution in [0.4, 0.5) is 22.7 Å². The number of benzene rings is 3. The molecule has 136 valence electrons. The summed E-state index contributed by atoms with van der Waals surface area (Å²) in [7, 11) is 0. The molecule has 0 aromatic heterocycles. The molecule has 0 bridgehead atoms. The van der Waals surface area contributed by atoms with Crippen LogP contribution in [-0.4, -0.2) is 10.9 Å². The number of thiocarbonyl (C=S) groups is 1. The third-order valence-electron chi connectivity index (χ3n) is 3.68. The van der Waals surface area contributed by atoms with Crippen LogP contribution in [0.2, 0.25) is 5.02 Å². The van der Waals surface area contributed by atoms with E-state index in [0.29, 0.717) is 27.3 Å². The van der Waals surface area contributed by atoms with Gasteiger partial charge in [0.05, 0.1) is 10.7 Å². The van der Waals surface area contributed by atoms with Crippen molar-refractivity contribution in [1.82, 2.24) is 0 Å². The van der Waals surface area contributed by atoms with E-state index in [2.05, 4.69) is 15.6 Å². The number of amidine groups is 1. The quantitative estimate of drug-likeness (QED) is 0.221. The fourth-order valence-corrected chi connectivity index (χ4v) is 2.80. The highest BCUT2D eigenvalue weighted by molar-refractivity contribution is 7.80. The molecule has 0 heterocycles. The highest BCUT2D eigenvalue weighted by Gasteiger charge is 2.05. The lowest BCUT2D eigenvalue weighted by Crippen LogP contribution is -2.18. The fraction of sp³-hybridized carbons (Fsp3) is 0. The van der Waals surface area contributed by atoms with Crippen LogP contribution in [0, 0.1) is 0 Å². The number of rotatable bonds is 4. The van der Waals surface area contributed by atoms with Crippen molar-refractivity contribution in [3.8, 4) is 0 Å². The third kappa shape index (κ3) is 5.20. The summed E-state index contributed by atoms with van der Waals surface area (Å²) < 4.78 is 0. The van der Waals surface area contributed by atoms with Gasteiger partial charge in [-0.15, -0.1) is 0 Å². The summed E-state index contributed by atoms with van der Waals surface area (Å²) in [5.41, 5.74) is 15.4. The van der Waals surface area contributed by atoms with Gasteiger partial charge in [0.15, 0.2) is 5.11 Å². The van der Waals surface area contributed by atoms with Crippen LogP contribution in [0.15, 0.2) is 77.8 Å². The van der Waals surface area contributed by atoms with E-state index >= 15 is 0 Å². The maximum Gasteiger partial charge on any atom is 0.175 e. The lowest BCUT2D eigenvalue weighted by atomic mass is 10.2. The SMILES string of the molecule is NC(=Nc1ccc(NC(=S)Nc2ccccc2)cc1Cl)c1ccc(N)cc1. The number of halogens is 1. The Hall–Kier alpha value is -3.09. The zero-order valence-electron chi connectivity index (χ0n) is 14.3. The molecule has 0 saturated carbocycles. The zero-order valence-corrected chi connectivity index (χ0v) is 15.9. The minimum absolute atomic E-state index is 0.360. The van der Waals surface area contributed by atoms with Gasteiger partial charge in [-0.05, 0) is 66.8 Å². The van der Waals surface area contributed by atoms with Gasteiger partial charge in [0, 0.05) is 22.6 Å². The lowest BCUT2D eigenvalue weighted by molar-refractivity contribution is 1.45. The number of hydrogen-bond donors (Lipinski definition) is 4. The summed E-state index contributed by atoms with van der Waals surface area (Å²) in [4.78, 5) is 4.39. The maximum absolute atomic E-state index is 6.34. The number of nitrogen functional groups attached to an aromatic ring is 1. The Bertz CT molecular complexity index is 971. The molecule has 0 saturated heterocycles. The summed E-state index contributed by atoms with van der Waals surface area (Å²) in [5, 5.41) is 7.12. The molecule has 0 radical (unpaired) electrons. The van der Waals surface area contributed by atoms with Crippen molar-refractivity contribution in [3.63, 3.8) is 0 Å². The average Bonchev–Trinajstić information content (AvgIpc) is 2.65. The predicted molar refractivity (Wildman–Crippen MR) is 119 cm³/mol. The second-order valence-corrected chi connectivity index (χ2v) is 6.55. The number of nitrogens with one attached hydrogen (secondary N) is 2. The second kappa shape index (κ2) is 8.53. The molecule has 0 unspecified atom stereocenters. The van der Waals surface area contributed by atoms with Gasteiger partial charge in [-0.25, -0.2) is 4.99 Å². The minimum Gasteiger partial charge on any atom is -0.399 e. The first kappa shape index (κ1) is 18.7. The van der Waals surface area contributed by atoms with Crippen LogP contribution in [-0.2, 0) is 0 Å². The van der Waals surface area contributed by atoms with Gasteiger partial charge >= 0.3 is 0 Å². The molecule has 3 rings (SSSR count). The highest BCUT2D eigenvalue weighted by atomic mass is 35.5. The van der Waals surface area contributed by atoms with Crippen molar-refractivity contribution in [2.75, 3.05) is 16.4 Å². The molecule has 7 heteroatoms. The number of aliphatic imine (C=N–C) groups is 1. The van der Waals surface area contributed by atoms with Crippen LogP contribution >= 0.6 is 23.8 Å². The van der Waals surface area contributed by atoms with Gasteiger partial charge in [-0.2, -0.15) is 0 Å². The van der Waals surface area contributed by atoms with Gasteiger partial charge in [0.25, 0.3) is 0 Å². The smallest absolute Gasteiger partial charge is 0.175 e. The van der Waals surface area contributed by atoms with E-state index in [1.807, 2.05) is 48.5 Å². The van der Waals surface area contributed by atoms with Gasteiger partial charge in [0.2, 0.25) is 0 Å². The van der Waals surface area contributed by atoms with E-state index in [1.54, 1.807) is 24.3 Å². The molecule has 3 aromatic rings. The van der Waals surface area contributed by atoms with Crippen molar-refractivity contribution < 1.29 is 0 Å². The number of hydrogen-bond acceptors (Lipinski definition) is 3. The monoisotopic (exact) mass is 395 g/mol. The Morgan fingerprint density at radius 3 is 2.22 bits per heavy atom. The van der Waals surface area contributed by atoms with Crippen molar-refractivity contribution in [1.29, 1.82) is 0 Å². The molecule has 5 nitrogen and oxygen atoms in total. The molecule has 3 aromatic carbocycles. The molecule has 0 atom stereocenters. The van der Waals surface area contributed by atoms with Crippen LogP contribution in [0.1, 0.15) is 5.56 Å². The summed E-state index contributed by atoms with van der Waals surface area (Å²) in [6, 6.07) is 22.2. The van der Waals surface area contributed by atoms with Gasteiger partial charge in [0.1, 0.15) is 5.84 Å². The topological polar surface area (TPSA) is 88.5 Å². The van der Waals surface area contributed by atoms with Crippen molar-refractivity contribution in [2.45, 2.75) is 0 Å². The third-order valence-corrected chi connectivity index (χ3v) is 4.19. The Balaban J connectivity index is 1.70. The number of nitrogens with two attached hydrogens (primary N) is 2. The summed E-state index contributed by atoms with van der Waals surface area (Å²) in [6.45, 7) is 0. The second-order valence-electron chi connectivity index (χ2n) is 5.73. The standard InChI is InChI=1S/C20H18ClN5S/c21-17-12-16(25-20(27)24-15-4-2-1-3-5-15)10-11-18(17)26-19(23)13-6-8-14(22)9-7-13/h1-12H,22H2,(H2,23,26)(H2,24,25,27). The van der Waals surface area contributed by atoms with E-state index < -0.39 is 0 Å². The van der Waals surface area contributed by atoms with Gasteiger partial charge in [-0.1, -0.05) is 29.8 Å². The van der Waals surface area contributed by atoms with E-state index in [1.165, 1.54) is 0 Å². The molecular formula is C20H18ClN5S. The Kier molecular flexibility index (Phi) is 5.90. The van der Waals surface area contributed by atoms with Gasteiger partial charge < -0.3 is 22.1 Å². The summed E-state index contributed by atoms with van der Waals surface area (Å²) in [5.74, 6) is 0.360. The van der Waals surface area contributed by atoms with Crippen LogP contribution in [0.5, 0.6) is 0 Å². The number of anilines is 3. The van der Waals surface area contributed by atoms with E-state index in [-0.39, 0.29) is 0 Å². The van der Waals surface area contributed by atoms with E-state index in [9.17, 15) is 0 Å². The van der Waals surface area contributed by atoms with E-state index in [0.717, 1.165) is 16.9 Å². The molecule has 6 N–H and O–H groups in total. The first-order valence-electron chi connectivity index (χ1n) is 8.14. The Morgan fingerprint density at radius 2 is 1.56 bits per heavy atom. The molecule has 0 aliphatic rings. The van der Waals surface area contributed by atoms with Crippen molar-refractivity contribution in [2.24, 2.45) is 10.7 Å². The summed E-state index contributed by atoms with van der Waals surface area (Å²) >= 11 is 11.7. The van der Waals surface area contributed by atoms with Crippen LogP contribution in [0.25, 0.3) is 0 Å². The molecule has 0 aliphatic carbocycles. The van der Waals surface area contributed by atoms with Crippen molar-refractivity contribution in [3.05, 3.63) is 83.4 Å². The molecule has 0 aliphatic heterocycles.